The summed E-state index contributed by atoms with van der Waals surface area (Å²) in [7, 11) is -2.56. The van der Waals surface area contributed by atoms with Crippen LogP contribution in [0.1, 0.15) is 84.5 Å². The highest BCUT2D eigenvalue weighted by Crippen LogP contribution is 2.49. The first kappa shape index (κ1) is 31.5. The molecule has 45 heavy (non-hydrogen) atoms. The van der Waals surface area contributed by atoms with Crippen LogP contribution in [0.5, 0.6) is 0 Å². The first-order chi connectivity index (χ1) is 21.5. The van der Waals surface area contributed by atoms with E-state index in [2.05, 4.69) is 10.6 Å². The zero-order chi connectivity index (χ0) is 31.9. The van der Waals surface area contributed by atoms with Gasteiger partial charge in [-0.25, -0.2) is 4.39 Å². The number of piperidine rings is 1. The van der Waals surface area contributed by atoms with Crippen molar-refractivity contribution < 1.29 is 18.5 Å². The molecule has 0 radical (unpaired) electrons. The van der Waals surface area contributed by atoms with E-state index in [9.17, 15) is 14.2 Å². The molecule has 2 saturated carbocycles. The van der Waals surface area contributed by atoms with Gasteiger partial charge in [0.05, 0.1) is 17.5 Å². The number of hydrogen-bond acceptors (Lipinski definition) is 4. The predicted molar refractivity (Wildman–Crippen MR) is 181 cm³/mol. The zero-order valence-electron chi connectivity index (χ0n) is 26.8. The van der Waals surface area contributed by atoms with Crippen LogP contribution in [0.15, 0.2) is 60.7 Å². The van der Waals surface area contributed by atoms with Gasteiger partial charge in [-0.3, -0.25) is 9.59 Å². The van der Waals surface area contributed by atoms with Crippen LogP contribution in [0.3, 0.4) is 0 Å². The zero-order valence-corrected chi connectivity index (χ0v) is 27.7. The molecule has 3 aliphatic rings. The van der Waals surface area contributed by atoms with Gasteiger partial charge in [-0.15, -0.1) is 0 Å². The van der Waals surface area contributed by atoms with Gasteiger partial charge in [-0.1, -0.05) is 49.6 Å². The van der Waals surface area contributed by atoms with Gasteiger partial charge in [-0.2, -0.15) is 0 Å². The lowest BCUT2D eigenvalue weighted by Gasteiger charge is -2.48. The first-order valence-electron chi connectivity index (χ1n) is 16.4. The summed E-state index contributed by atoms with van der Waals surface area (Å²) in [6.07, 6.45) is 8.15. The predicted octanol–water partition coefficient (Wildman–Crippen LogP) is 8.06. The number of benzene rings is 3. The number of carbonyl (C=O) groups is 2. The van der Waals surface area contributed by atoms with Crippen molar-refractivity contribution in [1.82, 2.24) is 4.90 Å². The Kier molecular flexibility index (Phi) is 8.94. The number of halogens is 1. The molecule has 2 amide bonds. The summed E-state index contributed by atoms with van der Waals surface area (Å²) in [6.45, 7) is 7.16. The second-order valence-electron chi connectivity index (χ2n) is 13.8. The second kappa shape index (κ2) is 12.7. The molecule has 1 aliphatic heterocycles. The van der Waals surface area contributed by atoms with Crippen molar-refractivity contribution in [2.75, 3.05) is 24.0 Å². The molecule has 4 atom stereocenters. The van der Waals surface area contributed by atoms with E-state index in [4.69, 9.17) is 0 Å². The van der Waals surface area contributed by atoms with E-state index in [-0.39, 0.29) is 29.3 Å². The van der Waals surface area contributed by atoms with Gasteiger partial charge in [0.15, 0.2) is 0 Å². The number of nitrogens with zero attached hydrogens (tertiary/aromatic N) is 1. The van der Waals surface area contributed by atoms with Gasteiger partial charge in [0.1, 0.15) is 13.0 Å². The molecule has 0 spiro atoms. The van der Waals surface area contributed by atoms with Crippen molar-refractivity contribution in [1.29, 1.82) is 0 Å². The van der Waals surface area contributed by atoms with E-state index in [0.29, 0.717) is 23.7 Å². The van der Waals surface area contributed by atoms with Crippen LogP contribution in [0.2, 0.25) is 0 Å². The topological polar surface area (TPSA) is 78.5 Å². The Bertz CT molecular complexity index is 1610. The van der Waals surface area contributed by atoms with Crippen LogP contribution in [0.25, 0.3) is 0 Å². The van der Waals surface area contributed by atoms with Crippen molar-refractivity contribution in [2.24, 2.45) is 11.8 Å². The molecule has 4 unspecified atom stereocenters. The molecule has 6 rings (SSSR count). The maximum absolute atomic E-state index is 15.3. The number of hydrogen-bond donors (Lipinski definition) is 2. The molecule has 0 aromatic heterocycles. The monoisotopic (exact) mass is 629 g/mol. The third kappa shape index (κ3) is 6.47. The fourth-order valence-electron chi connectivity index (χ4n) is 8.05. The molecule has 1 heterocycles. The van der Waals surface area contributed by atoms with Gasteiger partial charge in [0.25, 0.3) is 5.91 Å². The number of nitrogens with one attached hydrogen (secondary N) is 2. The maximum Gasteiger partial charge on any atom is 0.257 e. The largest absolute Gasteiger partial charge is 0.382 e. The van der Waals surface area contributed by atoms with Crippen molar-refractivity contribution >= 4 is 35.6 Å². The van der Waals surface area contributed by atoms with Gasteiger partial charge in [0, 0.05) is 28.8 Å². The highest BCUT2D eigenvalue weighted by molar-refractivity contribution is 7.70. The van der Waals surface area contributed by atoms with Crippen LogP contribution in [-0.4, -0.2) is 42.1 Å². The van der Waals surface area contributed by atoms with Crippen LogP contribution < -0.4 is 15.9 Å². The Morgan fingerprint density at radius 2 is 1.58 bits per heavy atom. The summed E-state index contributed by atoms with van der Waals surface area (Å²) in [5, 5.41) is 7.51. The quantitative estimate of drug-likeness (QED) is 0.259. The van der Waals surface area contributed by atoms with Crippen molar-refractivity contribution in [3.05, 3.63) is 88.7 Å². The van der Waals surface area contributed by atoms with Crippen molar-refractivity contribution in [2.45, 2.75) is 83.3 Å². The van der Waals surface area contributed by atoms with Crippen LogP contribution in [-0.2, 0) is 9.36 Å². The van der Waals surface area contributed by atoms with E-state index < -0.39 is 24.9 Å². The molecule has 1 saturated heterocycles. The van der Waals surface area contributed by atoms with E-state index in [1.165, 1.54) is 18.9 Å². The fourth-order valence-corrected chi connectivity index (χ4v) is 9.42. The summed E-state index contributed by atoms with van der Waals surface area (Å²) in [4.78, 5) is 30.7. The summed E-state index contributed by atoms with van der Waals surface area (Å²) in [5.41, 5.74) is 4.09. The number of aryl methyl sites for hydroxylation is 2. The van der Waals surface area contributed by atoms with Crippen LogP contribution in [0.4, 0.5) is 15.8 Å². The SMILES string of the molecule is Cc1ccc(NC(=O)C2CC3CCCC3N(C(=O)c3c(C)cccc3F)C2c2ccc(NC3CCCC3)cc2)cc1P(C)(C)=O. The fraction of sp³-hybridized carbons (Fsp3) is 0.459. The lowest BCUT2D eigenvalue weighted by molar-refractivity contribution is -0.125. The van der Waals surface area contributed by atoms with Gasteiger partial charge < -0.3 is 20.1 Å². The molecule has 3 fully saturated rings. The maximum atomic E-state index is 15.3. The van der Waals surface area contributed by atoms with E-state index in [1.54, 1.807) is 32.4 Å². The minimum absolute atomic E-state index is 0.0705. The summed E-state index contributed by atoms with van der Waals surface area (Å²) in [5.74, 6) is -1.47. The average Bonchev–Trinajstić information content (AvgIpc) is 3.69. The average molecular weight is 630 g/mol. The Morgan fingerprint density at radius 3 is 2.27 bits per heavy atom. The Morgan fingerprint density at radius 1 is 0.867 bits per heavy atom. The van der Waals surface area contributed by atoms with E-state index in [0.717, 1.165) is 54.2 Å². The Balaban J connectivity index is 1.40. The molecule has 0 bridgehead atoms. The molecule has 2 aliphatic carbocycles. The van der Waals surface area contributed by atoms with Gasteiger partial charge >= 0.3 is 0 Å². The number of anilines is 2. The molecule has 6 nitrogen and oxygen atoms in total. The highest BCUT2D eigenvalue weighted by Gasteiger charge is 2.50. The van der Waals surface area contributed by atoms with Crippen LogP contribution >= 0.6 is 7.14 Å². The smallest absolute Gasteiger partial charge is 0.257 e. The minimum Gasteiger partial charge on any atom is -0.382 e. The Labute approximate surface area is 266 Å². The number of amides is 2. The van der Waals surface area contributed by atoms with Crippen molar-refractivity contribution in [3.63, 3.8) is 0 Å². The summed E-state index contributed by atoms with van der Waals surface area (Å²) >= 11 is 0. The van der Waals surface area contributed by atoms with Crippen molar-refractivity contribution in [3.8, 4) is 0 Å². The second-order valence-corrected chi connectivity index (χ2v) is 17.0. The first-order valence-corrected chi connectivity index (χ1v) is 19.0. The lowest BCUT2D eigenvalue weighted by Crippen LogP contribution is -2.54. The van der Waals surface area contributed by atoms with Gasteiger partial charge in [-0.05, 0) is 112 Å². The Hall–Kier alpha value is -3.44. The molecular weight excluding hydrogens is 584 g/mol. The third-order valence-corrected chi connectivity index (χ3v) is 11.9. The lowest BCUT2D eigenvalue weighted by atomic mass is 9.76. The normalized spacial score (nSPS) is 23.5. The molecule has 8 heteroatoms. The number of likely N-dealkylation sites (tertiary alicyclic amines) is 1. The summed E-state index contributed by atoms with van der Waals surface area (Å²) < 4.78 is 28.3. The standard InChI is InChI=1S/C37H45FN3O3P/c1-23-15-18-29(22-33(23)45(3,4)44)40-36(42)30-21-26-10-8-14-32(26)41(37(43)34-24(2)9-7-13-31(34)38)35(30)25-16-19-28(20-17-25)39-27-11-5-6-12-27/h7,9,13,15-20,22,26-27,30,32,35,39H,5-6,8,10-12,14,21H2,1-4H3,(H,40,42). The third-order valence-electron chi connectivity index (χ3n) is 10.3. The molecule has 2 N–H and O–H groups in total. The molecule has 3 aromatic rings. The number of rotatable bonds is 7. The van der Waals surface area contributed by atoms with E-state index >= 15 is 4.39 Å². The molecule has 238 valence electrons. The summed E-state index contributed by atoms with van der Waals surface area (Å²) in [6, 6.07) is 18.3. The minimum atomic E-state index is -2.56. The van der Waals surface area contributed by atoms with Crippen LogP contribution in [0, 0.1) is 31.5 Å². The number of fused-ring (bicyclic) bond motifs is 1. The molecule has 3 aromatic carbocycles. The molecular formula is C37H45FN3O3P. The highest BCUT2D eigenvalue weighted by atomic mass is 31.2. The number of carbonyl (C=O) groups excluding carboxylic acids is 2. The van der Waals surface area contributed by atoms with E-state index in [1.807, 2.05) is 54.3 Å². The van der Waals surface area contributed by atoms with Gasteiger partial charge in [0.2, 0.25) is 5.91 Å².